The summed E-state index contributed by atoms with van der Waals surface area (Å²) >= 11 is 12.0. The first-order valence-corrected chi connectivity index (χ1v) is 5.72. The Morgan fingerprint density at radius 1 is 1.18 bits per heavy atom. The van der Waals surface area contributed by atoms with Gasteiger partial charge >= 0.3 is 0 Å². The quantitative estimate of drug-likeness (QED) is 0.909. The van der Waals surface area contributed by atoms with Gasteiger partial charge in [0, 0.05) is 17.6 Å². The highest BCUT2D eigenvalue weighted by molar-refractivity contribution is 6.36. The predicted molar refractivity (Wildman–Crippen MR) is 69.6 cm³/mol. The van der Waals surface area contributed by atoms with Crippen LogP contribution in [0.5, 0.6) is 0 Å². The van der Waals surface area contributed by atoms with Crippen LogP contribution >= 0.6 is 23.2 Å². The summed E-state index contributed by atoms with van der Waals surface area (Å²) in [4.78, 5) is 4.26. The number of aromatic nitrogens is 3. The normalized spacial score (nSPS) is 10.4. The fourth-order valence-electron chi connectivity index (χ4n) is 1.44. The largest absolute Gasteiger partial charge is 0.371 e. The zero-order valence-electron chi connectivity index (χ0n) is 9.33. The minimum atomic E-state index is 0.522. The standard InChI is InChI=1S/C11H10Cl2N4/c1-6-15-11(14-2)10(17-16-6)8-4-3-7(12)5-9(8)13/h3-5H,1-2H3,(H,14,15,16). The van der Waals surface area contributed by atoms with Gasteiger partial charge in [0.25, 0.3) is 0 Å². The Balaban J connectivity index is 2.60. The van der Waals surface area contributed by atoms with Crippen LogP contribution < -0.4 is 5.32 Å². The van der Waals surface area contributed by atoms with E-state index in [-0.39, 0.29) is 0 Å². The summed E-state index contributed by atoms with van der Waals surface area (Å²) in [5.41, 5.74) is 1.36. The molecule has 0 radical (unpaired) electrons. The van der Waals surface area contributed by atoms with Gasteiger partial charge in [0.05, 0.1) is 5.02 Å². The van der Waals surface area contributed by atoms with Gasteiger partial charge in [0.1, 0.15) is 11.5 Å². The summed E-state index contributed by atoms with van der Waals surface area (Å²) in [6.07, 6.45) is 0. The fourth-order valence-corrected chi connectivity index (χ4v) is 1.94. The van der Waals surface area contributed by atoms with Crippen molar-refractivity contribution in [3.8, 4) is 11.3 Å². The maximum absolute atomic E-state index is 6.12. The Bertz CT molecular complexity index is 557. The van der Waals surface area contributed by atoms with E-state index in [2.05, 4.69) is 20.5 Å². The van der Waals surface area contributed by atoms with Crippen molar-refractivity contribution in [2.75, 3.05) is 12.4 Å². The Hall–Kier alpha value is -1.39. The number of halogens is 2. The summed E-state index contributed by atoms with van der Waals surface area (Å²) in [5.74, 6) is 1.24. The van der Waals surface area contributed by atoms with Crippen molar-refractivity contribution in [1.29, 1.82) is 0 Å². The van der Waals surface area contributed by atoms with Gasteiger partial charge in [-0.1, -0.05) is 23.2 Å². The zero-order chi connectivity index (χ0) is 12.4. The molecule has 0 saturated carbocycles. The Labute approximate surface area is 109 Å². The van der Waals surface area contributed by atoms with Crippen molar-refractivity contribution in [1.82, 2.24) is 15.2 Å². The molecule has 0 saturated heterocycles. The van der Waals surface area contributed by atoms with Crippen LogP contribution in [0.25, 0.3) is 11.3 Å². The predicted octanol–water partition coefficient (Wildman–Crippen LogP) is 3.20. The number of benzene rings is 1. The maximum atomic E-state index is 6.12. The fraction of sp³-hybridized carbons (Fsp3) is 0.182. The molecule has 0 unspecified atom stereocenters. The van der Waals surface area contributed by atoms with E-state index in [1.165, 1.54) is 0 Å². The van der Waals surface area contributed by atoms with Crippen LogP contribution in [0.4, 0.5) is 5.82 Å². The molecule has 2 aromatic rings. The highest BCUT2D eigenvalue weighted by Crippen LogP contribution is 2.31. The monoisotopic (exact) mass is 268 g/mol. The van der Waals surface area contributed by atoms with Gasteiger partial charge in [0.2, 0.25) is 0 Å². The van der Waals surface area contributed by atoms with E-state index in [0.29, 0.717) is 27.4 Å². The number of rotatable bonds is 2. The van der Waals surface area contributed by atoms with Crippen LogP contribution in [0.15, 0.2) is 18.2 Å². The van der Waals surface area contributed by atoms with Crippen LogP contribution in [-0.2, 0) is 0 Å². The first-order valence-electron chi connectivity index (χ1n) is 4.96. The lowest BCUT2D eigenvalue weighted by Gasteiger charge is -2.08. The molecule has 0 fully saturated rings. The second-order valence-corrected chi connectivity index (χ2v) is 4.27. The smallest absolute Gasteiger partial charge is 0.156 e. The molecular weight excluding hydrogens is 259 g/mol. The molecule has 1 heterocycles. The lowest BCUT2D eigenvalue weighted by Crippen LogP contribution is -2.02. The van der Waals surface area contributed by atoms with Gasteiger partial charge in [-0.05, 0) is 25.1 Å². The van der Waals surface area contributed by atoms with Crippen LogP contribution in [0, 0.1) is 6.92 Å². The Kier molecular flexibility index (Phi) is 3.45. The summed E-state index contributed by atoms with van der Waals surface area (Å²) in [6, 6.07) is 5.22. The number of aryl methyl sites for hydroxylation is 1. The number of anilines is 1. The molecule has 88 valence electrons. The number of nitrogens with one attached hydrogen (secondary N) is 1. The molecule has 2 rings (SSSR count). The lowest BCUT2D eigenvalue weighted by atomic mass is 10.1. The minimum Gasteiger partial charge on any atom is -0.371 e. The van der Waals surface area contributed by atoms with E-state index in [1.807, 2.05) is 0 Å². The van der Waals surface area contributed by atoms with E-state index in [4.69, 9.17) is 23.2 Å². The van der Waals surface area contributed by atoms with Gasteiger partial charge in [-0.25, -0.2) is 4.98 Å². The van der Waals surface area contributed by atoms with Crippen molar-refractivity contribution in [3.63, 3.8) is 0 Å². The van der Waals surface area contributed by atoms with Gasteiger partial charge in [0.15, 0.2) is 5.82 Å². The molecule has 0 aliphatic carbocycles. The van der Waals surface area contributed by atoms with Gasteiger partial charge in [-0.3, -0.25) is 0 Å². The first-order chi connectivity index (χ1) is 8.11. The molecular formula is C11H10Cl2N4. The molecule has 17 heavy (non-hydrogen) atoms. The third kappa shape index (κ3) is 2.48. The SMILES string of the molecule is CNc1nc(C)nnc1-c1ccc(Cl)cc1Cl. The summed E-state index contributed by atoms with van der Waals surface area (Å²) in [7, 11) is 1.77. The molecule has 0 amide bonds. The number of hydrogen-bond donors (Lipinski definition) is 1. The highest BCUT2D eigenvalue weighted by atomic mass is 35.5. The Morgan fingerprint density at radius 2 is 1.94 bits per heavy atom. The molecule has 1 aromatic carbocycles. The molecule has 4 nitrogen and oxygen atoms in total. The average molecular weight is 269 g/mol. The van der Waals surface area contributed by atoms with Crippen molar-refractivity contribution >= 4 is 29.0 Å². The van der Waals surface area contributed by atoms with Crippen LogP contribution in [0.3, 0.4) is 0 Å². The van der Waals surface area contributed by atoms with Crippen molar-refractivity contribution in [2.24, 2.45) is 0 Å². The van der Waals surface area contributed by atoms with E-state index < -0.39 is 0 Å². The third-order valence-electron chi connectivity index (χ3n) is 2.22. The van der Waals surface area contributed by atoms with Crippen LogP contribution in [0.2, 0.25) is 10.0 Å². The summed E-state index contributed by atoms with van der Waals surface area (Å²) in [5, 5.41) is 12.1. The molecule has 1 aromatic heterocycles. The van der Waals surface area contributed by atoms with E-state index in [9.17, 15) is 0 Å². The van der Waals surface area contributed by atoms with Crippen LogP contribution in [0.1, 0.15) is 5.82 Å². The molecule has 0 spiro atoms. The maximum Gasteiger partial charge on any atom is 0.156 e. The molecule has 1 N–H and O–H groups in total. The number of nitrogens with zero attached hydrogens (tertiary/aromatic N) is 3. The van der Waals surface area contributed by atoms with Gasteiger partial charge < -0.3 is 5.32 Å². The second kappa shape index (κ2) is 4.85. The zero-order valence-corrected chi connectivity index (χ0v) is 10.8. The lowest BCUT2D eigenvalue weighted by molar-refractivity contribution is 0.916. The highest BCUT2D eigenvalue weighted by Gasteiger charge is 2.12. The van der Waals surface area contributed by atoms with Gasteiger partial charge in [-0.15, -0.1) is 10.2 Å². The number of hydrogen-bond acceptors (Lipinski definition) is 4. The van der Waals surface area contributed by atoms with E-state index >= 15 is 0 Å². The first kappa shape index (κ1) is 12.1. The molecule has 0 aliphatic heterocycles. The minimum absolute atomic E-state index is 0.522. The van der Waals surface area contributed by atoms with Crippen LogP contribution in [-0.4, -0.2) is 22.2 Å². The molecule has 6 heteroatoms. The molecule has 0 atom stereocenters. The summed E-state index contributed by atoms with van der Waals surface area (Å²) < 4.78 is 0. The van der Waals surface area contributed by atoms with Gasteiger partial charge in [-0.2, -0.15) is 0 Å². The Morgan fingerprint density at radius 3 is 2.59 bits per heavy atom. The third-order valence-corrected chi connectivity index (χ3v) is 2.76. The van der Waals surface area contributed by atoms with Crippen molar-refractivity contribution < 1.29 is 0 Å². The van der Waals surface area contributed by atoms with E-state index in [0.717, 1.165) is 5.56 Å². The van der Waals surface area contributed by atoms with Crippen molar-refractivity contribution in [2.45, 2.75) is 6.92 Å². The van der Waals surface area contributed by atoms with E-state index in [1.54, 1.807) is 32.2 Å². The summed E-state index contributed by atoms with van der Waals surface area (Å²) in [6.45, 7) is 1.78. The second-order valence-electron chi connectivity index (χ2n) is 3.43. The average Bonchev–Trinajstić information content (AvgIpc) is 2.30. The molecule has 0 bridgehead atoms. The topological polar surface area (TPSA) is 50.7 Å². The van der Waals surface area contributed by atoms with Crippen molar-refractivity contribution in [3.05, 3.63) is 34.1 Å². The molecule has 0 aliphatic rings.